The van der Waals surface area contributed by atoms with Gasteiger partial charge in [-0.05, 0) is 48.7 Å². The molecule has 6 nitrogen and oxygen atoms in total. The van der Waals surface area contributed by atoms with E-state index in [1.807, 2.05) is 12.1 Å². The first-order chi connectivity index (χ1) is 14.8. The predicted molar refractivity (Wildman–Crippen MR) is 124 cm³/mol. The van der Waals surface area contributed by atoms with Crippen LogP contribution in [0.3, 0.4) is 0 Å². The normalized spacial score (nSPS) is 15.2. The molecule has 2 aromatic carbocycles. The molecule has 8 heteroatoms. The number of benzene rings is 2. The van der Waals surface area contributed by atoms with Crippen LogP contribution in [0.1, 0.15) is 36.0 Å². The van der Waals surface area contributed by atoms with Crippen molar-refractivity contribution in [3.8, 4) is 0 Å². The van der Waals surface area contributed by atoms with E-state index in [2.05, 4.69) is 22.3 Å². The third-order valence-corrected chi connectivity index (χ3v) is 7.03. The van der Waals surface area contributed by atoms with Crippen LogP contribution in [0.25, 0.3) is 0 Å². The zero-order valence-corrected chi connectivity index (χ0v) is 19.5. The lowest BCUT2D eigenvalue weighted by atomic mass is 10.1. The maximum atomic E-state index is 12.4. The second kappa shape index (κ2) is 11.1. The van der Waals surface area contributed by atoms with Crippen LogP contribution in [0.15, 0.2) is 48.5 Å². The molecule has 1 aliphatic rings. The third kappa shape index (κ3) is 7.61. The van der Waals surface area contributed by atoms with Gasteiger partial charge < -0.3 is 5.32 Å². The van der Waals surface area contributed by atoms with Crippen LogP contribution in [0, 0.1) is 0 Å². The maximum absolute atomic E-state index is 12.4. The minimum absolute atomic E-state index is 0.0527. The highest BCUT2D eigenvalue weighted by atomic mass is 35.5. The number of nitrogens with zero attached hydrogens (tertiary/aromatic N) is 2. The Morgan fingerprint density at radius 2 is 1.68 bits per heavy atom. The van der Waals surface area contributed by atoms with E-state index < -0.39 is 10.0 Å². The second-order valence-corrected chi connectivity index (χ2v) is 10.4. The number of nitrogens with one attached hydrogen (secondary N) is 1. The van der Waals surface area contributed by atoms with Gasteiger partial charge in [-0.1, -0.05) is 60.5 Å². The van der Waals surface area contributed by atoms with Crippen molar-refractivity contribution in [2.24, 2.45) is 0 Å². The fraction of sp³-hybridized carbons (Fsp3) is 0.435. The average molecular weight is 464 g/mol. The summed E-state index contributed by atoms with van der Waals surface area (Å²) in [6, 6.07) is 15.2. The molecule has 168 valence electrons. The van der Waals surface area contributed by atoms with Gasteiger partial charge in [0.25, 0.3) is 0 Å². The summed E-state index contributed by atoms with van der Waals surface area (Å²) in [5, 5.41) is 3.29. The lowest BCUT2D eigenvalue weighted by molar-refractivity contribution is -0.121. The summed E-state index contributed by atoms with van der Waals surface area (Å²) < 4.78 is 25.4. The fourth-order valence-electron chi connectivity index (χ4n) is 3.66. The molecule has 2 aromatic rings. The van der Waals surface area contributed by atoms with Gasteiger partial charge in [0.2, 0.25) is 15.9 Å². The van der Waals surface area contributed by atoms with E-state index in [0.29, 0.717) is 17.1 Å². The van der Waals surface area contributed by atoms with Crippen molar-refractivity contribution in [3.63, 3.8) is 0 Å². The van der Waals surface area contributed by atoms with Crippen LogP contribution in [-0.4, -0.2) is 49.4 Å². The first-order valence-corrected chi connectivity index (χ1v) is 12.8. The number of halogens is 1. The third-order valence-electron chi connectivity index (χ3n) is 5.46. The molecule has 0 atom stereocenters. The Labute approximate surface area is 190 Å². The summed E-state index contributed by atoms with van der Waals surface area (Å²) in [6.07, 6.45) is 4.96. The van der Waals surface area contributed by atoms with Gasteiger partial charge >= 0.3 is 0 Å². The first kappa shape index (κ1) is 23.7. The summed E-state index contributed by atoms with van der Waals surface area (Å²) in [6.45, 7) is 3.42. The molecule has 0 aliphatic carbocycles. The Morgan fingerprint density at radius 1 is 1.03 bits per heavy atom. The van der Waals surface area contributed by atoms with Crippen molar-refractivity contribution >= 4 is 27.5 Å². The Morgan fingerprint density at radius 3 is 2.32 bits per heavy atom. The number of carbonyl (C=O) groups is 1. The Hall–Kier alpha value is -1.93. The van der Waals surface area contributed by atoms with E-state index in [1.165, 1.54) is 24.8 Å². The van der Waals surface area contributed by atoms with Crippen LogP contribution in [-0.2, 0) is 34.5 Å². The zero-order valence-electron chi connectivity index (χ0n) is 17.9. The van der Waals surface area contributed by atoms with E-state index in [9.17, 15) is 13.2 Å². The van der Waals surface area contributed by atoms with Crippen molar-refractivity contribution < 1.29 is 13.2 Å². The number of carbonyl (C=O) groups excluding carboxylic acids is 1. The molecule has 1 amide bonds. The molecule has 0 unspecified atom stereocenters. The lowest BCUT2D eigenvalue weighted by Crippen LogP contribution is -2.39. The average Bonchev–Trinajstić information content (AvgIpc) is 2.74. The van der Waals surface area contributed by atoms with Gasteiger partial charge in [0.15, 0.2) is 0 Å². The number of hydrogen-bond donors (Lipinski definition) is 1. The van der Waals surface area contributed by atoms with Gasteiger partial charge in [0.05, 0.1) is 12.8 Å². The van der Waals surface area contributed by atoms with Gasteiger partial charge in [-0.25, -0.2) is 8.42 Å². The lowest BCUT2D eigenvalue weighted by Gasteiger charge is -2.26. The van der Waals surface area contributed by atoms with Crippen LogP contribution < -0.4 is 5.32 Å². The van der Waals surface area contributed by atoms with Crippen molar-refractivity contribution in [1.82, 2.24) is 14.5 Å². The molecule has 0 aromatic heterocycles. The minimum Gasteiger partial charge on any atom is -0.351 e. The SMILES string of the molecule is CS(=O)(=O)N(CC(=O)NCc1ccc(CN2CCCCC2)cc1)Cc1ccccc1Cl. The fourth-order valence-corrected chi connectivity index (χ4v) is 4.58. The van der Waals surface area contributed by atoms with Gasteiger partial charge in [-0.3, -0.25) is 9.69 Å². The number of amides is 1. The van der Waals surface area contributed by atoms with Crippen LogP contribution in [0.4, 0.5) is 0 Å². The Kier molecular flexibility index (Phi) is 8.49. The van der Waals surface area contributed by atoms with E-state index in [-0.39, 0.29) is 19.0 Å². The first-order valence-electron chi connectivity index (χ1n) is 10.6. The molecule has 3 rings (SSSR count). The molecule has 1 aliphatic heterocycles. The van der Waals surface area contributed by atoms with Crippen molar-refractivity contribution in [2.75, 3.05) is 25.9 Å². The van der Waals surface area contributed by atoms with Crippen LogP contribution in [0.2, 0.25) is 5.02 Å². The molecule has 0 radical (unpaired) electrons. The topological polar surface area (TPSA) is 69.7 Å². The van der Waals surface area contributed by atoms with Gasteiger partial charge in [-0.2, -0.15) is 4.31 Å². The van der Waals surface area contributed by atoms with Gasteiger partial charge in [-0.15, -0.1) is 0 Å². The van der Waals surface area contributed by atoms with E-state index in [1.54, 1.807) is 24.3 Å². The number of likely N-dealkylation sites (tertiary alicyclic amines) is 1. The van der Waals surface area contributed by atoms with Crippen LogP contribution >= 0.6 is 11.6 Å². The largest absolute Gasteiger partial charge is 0.351 e. The molecule has 31 heavy (non-hydrogen) atoms. The number of sulfonamides is 1. The van der Waals surface area contributed by atoms with Crippen LogP contribution in [0.5, 0.6) is 0 Å². The molecule has 1 saturated heterocycles. The van der Waals surface area contributed by atoms with Crippen molar-refractivity contribution in [2.45, 2.75) is 38.9 Å². The number of rotatable bonds is 9. The molecule has 1 fully saturated rings. The Bertz CT molecular complexity index is 974. The molecule has 0 spiro atoms. The zero-order chi connectivity index (χ0) is 22.3. The molecule has 1 N–H and O–H groups in total. The standard InChI is InChI=1S/C23H30ClN3O3S/c1-31(29,30)27(17-21-7-3-4-8-22(21)24)18-23(28)25-15-19-9-11-20(12-10-19)16-26-13-5-2-6-14-26/h3-4,7-12H,2,5-6,13-18H2,1H3,(H,25,28). The highest BCUT2D eigenvalue weighted by Crippen LogP contribution is 2.18. The highest BCUT2D eigenvalue weighted by Gasteiger charge is 2.21. The summed E-state index contributed by atoms with van der Waals surface area (Å²) in [7, 11) is -3.57. The summed E-state index contributed by atoms with van der Waals surface area (Å²) in [5.41, 5.74) is 2.90. The number of piperidine rings is 1. The summed E-state index contributed by atoms with van der Waals surface area (Å²) in [4.78, 5) is 14.9. The summed E-state index contributed by atoms with van der Waals surface area (Å²) >= 11 is 6.15. The van der Waals surface area contributed by atoms with E-state index in [0.717, 1.165) is 35.8 Å². The molecule has 0 bridgehead atoms. The van der Waals surface area contributed by atoms with Gasteiger partial charge in [0, 0.05) is 24.7 Å². The molecular weight excluding hydrogens is 434 g/mol. The van der Waals surface area contributed by atoms with E-state index in [4.69, 9.17) is 11.6 Å². The smallest absolute Gasteiger partial charge is 0.235 e. The molecule has 1 heterocycles. The molecular formula is C23H30ClN3O3S. The highest BCUT2D eigenvalue weighted by molar-refractivity contribution is 7.88. The molecule has 0 saturated carbocycles. The quantitative estimate of drug-likeness (QED) is 0.618. The predicted octanol–water partition coefficient (Wildman–Crippen LogP) is 3.40. The number of hydrogen-bond acceptors (Lipinski definition) is 4. The van der Waals surface area contributed by atoms with Crippen molar-refractivity contribution in [1.29, 1.82) is 0 Å². The van der Waals surface area contributed by atoms with Crippen molar-refractivity contribution in [3.05, 3.63) is 70.2 Å². The summed E-state index contributed by atoms with van der Waals surface area (Å²) in [5.74, 6) is -0.352. The Balaban J connectivity index is 1.52. The van der Waals surface area contributed by atoms with E-state index >= 15 is 0 Å². The second-order valence-electron chi connectivity index (χ2n) is 8.05. The monoisotopic (exact) mass is 463 g/mol. The minimum atomic E-state index is -3.57. The maximum Gasteiger partial charge on any atom is 0.235 e. The van der Waals surface area contributed by atoms with Gasteiger partial charge in [0.1, 0.15) is 0 Å².